The van der Waals surface area contributed by atoms with Crippen molar-refractivity contribution in [3.05, 3.63) is 81.6 Å². The van der Waals surface area contributed by atoms with Crippen molar-refractivity contribution in [2.24, 2.45) is 0 Å². The molecule has 5 nitrogen and oxygen atoms in total. The topological polar surface area (TPSA) is 51.7 Å². The number of rotatable bonds is 10. The van der Waals surface area contributed by atoms with E-state index in [1.54, 1.807) is 12.0 Å². The lowest BCUT2D eigenvalue weighted by atomic mass is 10.2. The van der Waals surface area contributed by atoms with E-state index in [9.17, 15) is 9.18 Å². The van der Waals surface area contributed by atoms with E-state index in [4.69, 9.17) is 9.47 Å². The zero-order chi connectivity index (χ0) is 21.3. The molecule has 30 heavy (non-hydrogen) atoms. The highest BCUT2D eigenvalue weighted by atomic mass is 32.1. The van der Waals surface area contributed by atoms with E-state index in [1.807, 2.05) is 36.6 Å². The molecule has 0 radical (unpaired) electrons. The van der Waals surface area contributed by atoms with Gasteiger partial charge in [-0.05, 0) is 49.2 Å². The predicted molar refractivity (Wildman–Crippen MR) is 115 cm³/mol. The van der Waals surface area contributed by atoms with Gasteiger partial charge >= 0.3 is 0 Å². The minimum absolute atomic E-state index is 0.156. The number of amides is 1. The molecule has 0 aliphatic rings. The Balaban J connectivity index is 1.65. The Morgan fingerprint density at radius 3 is 2.67 bits per heavy atom. The second kappa shape index (κ2) is 10.8. The fourth-order valence-electron chi connectivity index (χ4n) is 2.97. The van der Waals surface area contributed by atoms with Crippen LogP contribution in [0, 0.1) is 12.7 Å². The van der Waals surface area contributed by atoms with Crippen molar-refractivity contribution in [3.63, 3.8) is 0 Å². The van der Waals surface area contributed by atoms with Gasteiger partial charge in [-0.3, -0.25) is 4.79 Å². The summed E-state index contributed by atoms with van der Waals surface area (Å²) in [6.45, 7) is 3.84. The maximum absolute atomic E-state index is 13.2. The lowest BCUT2D eigenvalue weighted by Gasteiger charge is -2.22. The Hall–Kier alpha value is -2.77. The molecule has 2 aromatic carbocycles. The van der Waals surface area contributed by atoms with Gasteiger partial charge in [-0.2, -0.15) is 0 Å². The fourth-order valence-corrected chi connectivity index (χ4v) is 3.66. The summed E-state index contributed by atoms with van der Waals surface area (Å²) in [5.41, 5.74) is 2.33. The van der Waals surface area contributed by atoms with E-state index >= 15 is 0 Å². The molecule has 0 spiro atoms. The third-order valence-electron chi connectivity index (χ3n) is 4.55. The van der Waals surface area contributed by atoms with Crippen molar-refractivity contribution in [1.29, 1.82) is 0 Å². The van der Waals surface area contributed by atoms with Gasteiger partial charge in [0.25, 0.3) is 5.91 Å². The third-order valence-corrected chi connectivity index (χ3v) is 5.42. The molecular weight excluding hydrogens is 403 g/mol. The van der Waals surface area contributed by atoms with Crippen molar-refractivity contribution in [1.82, 2.24) is 9.88 Å². The van der Waals surface area contributed by atoms with Gasteiger partial charge in [-0.15, -0.1) is 11.3 Å². The first kappa shape index (κ1) is 21.9. The normalized spacial score (nSPS) is 10.8. The summed E-state index contributed by atoms with van der Waals surface area (Å²) in [4.78, 5) is 19.3. The van der Waals surface area contributed by atoms with E-state index in [0.717, 1.165) is 22.0 Å². The summed E-state index contributed by atoms with van der Waals surface area (Å²) in [5, 5.41) is 2.79. The van der Waals surface area contributed by atoms with Crippen LogP contribution in [0.25, 0.3) is 0 Å². The molecule has 0 saturated heterocycles. The van der Waals surface area contributed by atoms with Crippen LogP contribution in [0.15, 0.2) is 53.9 Å². The van der Waals surface area contributed by atoms with Crippen LogP contribution >= 0.6 is 11.3 Å². The second-order valence-electron chi connectivity index (χ2n) is 6.87. The maximum Gasteiger partial charge on any atom is 0.254 e. The summed E-state index contributed by atoms with van der Waals surface area (Å²) in [6, 6.07) is 13.4. The highest BCUT2D eigenvalue weighted by molar-refractivity contribution is 7.09. The van der Waals surface area contributed by atoms with Crippen LogP contribution in [0.5, 0.6) is 5.75 Å². The van der Waals surface area contributed by atoms with E-state index in [0.29, 0.717) is 38.3 Å². The van der Waals surface area contributed by atoms with Crippen LogP contribution in [0.2, 0.25) is 0 Å². The molecule has 1 amide bonds. The van der Waals surface area contributed by atoms with E-state index < -0.39 is 0 Å². The lowest BCUT2D eigenvalue weighted by Crippen LogP contribution is -2.32. The van der Waals surface area contributed by atoms with Gasteiger partial charge in [0.1, 0.15) is 23.2 Å². The molecule has 7 heteroatoms. The van der Waals surface area contributed by atoms with Crippen LogP contribution in [0.1, 0.15) is 33.0 Å². The SMILES string of the molecule is COCCCN(Cc1csc(COc2ccccc2C)n1)C(=O)c1ccc(F)cc1. The molecule has 0 saturated carbocycles. The number of aryl methyl sites for hydroxylation is 1. The molecular formula is C23H25FN2O3S. The largest absolute Gasteiger partial charge is 0.486 e. The van der Waals surface area contributed by atoms with Crippen LogP contribution < -0.4 is 4.74 Å². The summed E-state index contributed by atoms with van der Waals surface area (Å²) in [7, 11) is 1.63. The summed E-state index contributed by atoms with van der Waals surface area (Å²) in [5.74, 6) is 0.314. The minimum atomic E-state index is -0.365. The highest BCUT2D eigenvalue weighted by Gasteiger charge is 2.18. The number of nitrogens with zero attached hydrogens (tertiary/aromatic N) is 2. The minimum Gasteiger partial charge on any atom is -0.486 e. The number of carbonyl (C=O) groups excluding carboxylic acids is 1. The molecule has 1 heterocycles. The van der Waals surface area contributed by atoms with Crippen molar-refractivity contribution in [3.8, 4) is 5.75 Å². The first-order valence-corrected chi connectivity index (χ1v) is 10.6. The first-order chi connectivity index (χ1) is 14.6. The Morgan fingerprint density at radius 2 is 1.93 bits per heavy atom. The zero-order valence-corrected chi connectivity index (χ0v) is 18.0. The highest BCUT2D eigenvalue weighted by Crippen LogP contribution is 2.20. The van der Waals surface area contributed by atoms with Gasteiger partial charge in [0.05, 0.1) is 12.2 Å². The van der Waals surface area contributed by atoms with Gasteiger partial charge in [-0.1, -0.05) is 18.2 Å². The molecule has 0 atom stereocenters. The number of methoxy groups -OCH3 is 1. The molecule has 3 aromatic rings. The van der Waals surface area contributed by atoms with Crippen molar-refractivity contribution in [2.75, 3.05) is 20.3 Å². The summed E-state index contributed by atoms with van der Waals surface area (Å²) in [6.07, 6.45) is 0.705. The number of halogens is 1. The number of para-hydroxylation sites is 1. The first-order valence-electron chi connectivity index (χ1n) is 9.72. The number of aromatic nitrogens is 1. The Labute approximate surface area is 180 Å². The average Bonchev–Trinajstić information content (AvgIpc) is 3.20. The number of benzene rings is 2. The van der Waals surface area contributed by atoms with Gasteiger partial charge in [0.15, 0.2) is 0 Å². The second-order valence-corrected chi connectivity index (χ2v) is 7.81. The maximum atomic E-state index is 13.2. The standard InChI is InChI=1S/C23H25FN2O3S/c1-17-6-3-4-7-21(17)29-15-22-25-20(16-30-22)14-26(12-5-13-28-2)23(27)18-8-10-19(24)11-9-18/h3-4,6-11,16H,5,12-15H2,1-2H3. The van der Waals surface area contributed by atoms with Crippen molar-refractivity contribution in [2.45, 2.75) is 26.5 Å². The van der Waals surface area contributed by atoms with Crippen LogP contribution in [-0.4, -0.2) is 36.1 Å². The number of ether oxygens (including phenoxy) is 2. The van der Waals surface area contributed by atoms with Gasteiger partial charge in [-0.25, -0.2) is 9.37 Å². The number of thiazole rings is 1. The molecule has 0 aliphatic carbocycles. The van der Waals surface area contributed by atoms with E-state index in [-0.39, 0.29) is 11.7 Å². The fraction of sp³-hybridized carbons (Fsp3) is 0.304. The number of carbonyl (C=O) groups is 1. The quantitative estimate of drug-likeness (QED) is 0.433. The van der Waals surface area contributed by atoms with Crippen LogP contribution in [0.4, 0.5) is 4.39 Å². The molecule has 3 rings (SSSR count). The Bertz CT molecular complexity index is 959. The number of hydrogen-bond donors (Lipinski definition) is 0. The predicted octanol–water partition coefficient (Wildman–Crippen LogP) is 4.85. The molecule has 0 fully saturated rings. The summed E-state index contributed by atoms with van der Waals surface area (Å²) < 4.78 is 24.2. The van der Waals surface area contributed by atoms with Crippen LogP contribution in [0.3, 0.4) is 0 Å². The Kier molecular flexibility index (Phi) is 7.93. The third kappa shape index (κ3) is 6.11. The van der Waals surface area contributed by atoms with Gasteiger partial charge in [0.2, 0.25) is 0 Å². The summed E-state index contributed by atoms with van der Waals surface area (Å²) >= 11 is 1.51. The average molecular weight is 429 g/mol. The van der Waals surface area contributed by atoms with Crippen LogP contribution in [-0.2, 0) is 17.9 Å². The molecule has 158 valence electrons. The van der Waals surface area contributed by atoms with E-state index in [2.05, 4.69) is 4.98 Å². The van der Waals surface area contributed by atoms with Crippen molar-refractivity contribution < 1.29 is 18.7 Å². The lowest BCUT2D eigenvalue weighted by molar-refractivity contribution is 0.0721. The molecule has 0 bridgehead atoms. The smallest absolute Gasteiger partial charge is 0.254 e. The van der Waals surface area contributed by atoms with Crippen molar-refractivity contribution >= 4 is 17.2 Å². The van der Waals surface area contributed by atoms with Gasteiger partial charge < -0.3 is 14.4 Å². The molecule has 1 aromatic heterocycles. The Morgan fingerprint density at radius 1 is 1.17 bits per heavy atom. The molecule has 0 unspecified atom stereocenters. The van der Waals surface area contributed by atoms with E-state index in [1.165, 1.54) is 35.6 Å². The zero-order valence-electron chi connectivity index (χ0n) is 17.1. The molecule has 0 aliphatic heterocycles. The monoisotopic (exact) mass is 428 g/mol. The molecule has 0 N–H and O–H groups in total. The number of hydrogen-bond acceptors (Lipinski definition) is 5. The van der Waals surface area contributed by atoms with Gasteiger partial charge in [0, 0.05) is 31.2 Å².